The van der Waals surface area contributed by atoms with Crippen molar-refractivity contribution < 1.29 is 0 Å². The van der Waals surface area contributed by atoms with Crippen molar-refractivity contribution in [1.29, 1.82) is 0 Å². The van der Waals surface area contributed by atoms with E-state index in [1.54, 1.807) is 12.4 Å². The van der Waals surface area contributed by atoms with Gasteiger partial charge in [-0.2, -0.15) is 0 Å². The van der Waals surface area contributed by atoms with E-state index in [1.807, 2.05) is 6.07 Å². The van der Waals surface area contributed by atoms with Gasteiger partial charge in [0.1, 0.15) is 12.7 Å². The van der Waals surface area contributed by atoms with Gasteiger partial charge in [-0.1, -0.05) is 0 Å². The van der Waals surface area contributed by atoms with Crippen LogP contribution in [0.5, 0.6) is 0 Å². The summed E-state index contributed by atoms with van der Waals surface area (Å²) in [5.74, 6) is 0. The maximum Gasteiger partial charge on any atom is 0.164 e. The Kier molecular flexibility index (Phi) is 1.38. The molecule has 0 aliphatic heterocycles. The highest BCUT2D eigenvalue weighted by molar-refractivity contribution is 5.87. The zero-order chi connectivity index (χ0) is 9.38. The van der Waals surface area contributed by atoms with Crippen LogP contribution in [0.2, 0.25) is 0 Å². The summed E-state index contributed by atoms with van der Waals surface area (Å²) in [5.41, 5.74) is 1.32. The fourth-order valence-corrected chi connectivity index (χ4v) is 1.33. The van der Waals surface area contributed by atoms with Crippen LogP contribution < -0.4 is 0 Å². The van der Waals surface area contributed by atoms with E-state index in [2.05, 4.69) is 24.9 Å². The van der Waals surface area contributed by atoms with Crippen molar-refractivity contribution in [3.8, 4) is 0 Å². The van der Waals surface area contributed by atoms with Crippen molar-refractivity contribution in [3.63, 3.8) is 0 Å². The summed E-state index contributed by atoms with van der Waals surface area (Å²) in [5, 5.41) is 1.80. The molecule has 66 valence electrons. The smallest absolute Gasteiger partial charge is 0.164 e. The van der Waals surface area contributed by atoms with Crippen LogP contribution >= 0.6 is 0 Å². The van der Waals surface area contributed by atoms with Crippen molar-refractivity contribution in [1.82, 2.24) is 24.9 Å². The highest BCUT2D eigenvalue weighted by Gasteiger charge is 2.00. The van der Waals surface area contributed by atoms with E-state index >= 15 is 0 Å². The maximum atomic E-state index is 4.28. The van der Waals surface area contributed by atoms with E-state index < -0.39 is 0 Å². The number of rotatable bonds is 0. The average molecular weight is 183 g/mol. The Morgan fingerprint density at radius 2 is 1.36 bits per heavy atom. The van der Waals surface area contributed by atoms with Crippen molar-refractivity contribution in [2.24, 2.45) is 0 Å². The Labute approximate surface area is 78.9 Å². The fraction of sp³-hybridized carbons (Fsp3) is 0. The van der Waals surface area contributed by atoms with Gasteiger partial charge in [-0.05, 0) is 6.07 Å². The van der Waals surface area contributed by atoms with Crippen LogP contribution in [0.1, 0.15) is 0 Å². The highest BCUT2D eigenvalue weighted by atomic mass is 15.0. The van der Waals surface area contributed by atoms with Crippen LogP contribution in [0, 0.1) is 0 Å². The summed E-state index contributed by atoms with van der Waals surface area (Å²) in [6.45, 7) is 0. The summed E-state index contributed by atoms with van der Waals surface area (Å²) in [4.78, 5) is 20.2. The zero-order valence-electron chi connectivity index (χ0n) is 7.12. The Morgan fingerprint density at radius 3 is 1.93 bits per heavy atom. The number of aromatic nitrogens is 5. The molecule has 3 heterocycles. The lowest BCUT2D eigenvalue weighted by atomic mass is 10.3. The Morgan fingerprint density at radius 1 is 0.786 bits per heavy atom. The molecular formula is C9H5N5. The van der Waals surface area contributed by atoms with Crippen LogP contribution in [0.15, 0.2) is 31.1 Å². The van der Waals surface area contributed by atoms with Gasteiger partial charge >= 0.3 is 0 Å². The van der Waals surface area contributed by atoms with Gasteiger partial charge < -0.3 is 0 Å². The van der Waals surface area contributed by atoms with E-state index in [-0.39, 0.29) is 0 Å². The summed E-state index contributed by atoms with van der Waals surface area (Å²) in [7, 11) is 0. The molecule has 0 aromatic carbocycles. The molecule has 14 heavy (non-hydrogen) atoms. The second-order valence-corrected chi connectivity index (χ2v) is 2.86. The van der Waals surface area contributed by atoms with Gasteiger partial charge in [0.15, 0.2) is 11.3 Å². The molecule has 0 bridgehead atoms. The van der Waals surface area contributed by atoms with Crippen molar-refractivity contribution in [2.75, 3.05) is 0 Å². The lowest BCUT2D eigenvalue weighted by molar-refractivity contribution is 1.16. The Hall–Kier alpha value is -2.17. The molecule has 0 radical (unpaired) electrons. The van der Waals surface area contributed by atoms with Crippen molar-refractivity contribution >= 4 is 22.1 Å². The van der Waals surface area contributed by atoms with Gasteiger partial charge in [-0.3, -0.25) is 0 Å². The molecule has 0 spiro atoms. The molecule has 3 aromatic rings. The van der Waals surface area contributed by atoms with Gasteiger partial charge in [0, 0.05) is 23.2 Å². The topological polar surface area (TPSA) is 64.5 Å². The molecular weight excluding hydrogens is 178 g/mol. The van der Waals surface area contributed by atoms with Crippen LogP contribution in [0.4, 0.5) is 0 Å². The molecule has 0 amide bonds. The van der Waals surface area contributed by atoms with E-state index in [1.165, 1.54) is 12.7 Å². The lowest BCUT2D eigenvalue weighted by Gasteiger charge is -1.97. The standard InChI is InChI=1S/C9H5N5/c1-6-2-10-4-12-8(6)14-9-7(1)3-11-5-13-9/h1-5H. The van der Waals surface area contributed by atoms with Crippen LogP contribution in [0.25, 0.3) is 22.1 Å². The van der Waals surface area contributed by atoms with Crippen molar-refractivity contribution in [2.45, 2.75) is 0 Å². The first-order valence-electron chi connectivity index (χ1n) is 4.10. The monoisotopic (exact) mass is 183 g/mol. The molecule has 0 aliphatic rings. The predicted molar refractivity (Wildman–Crippen MR) is 50.4 cm³/mol. The fourth-order valence-electron chi connectivity index (χ4n) is 1.33. The van der Waals surface area contributed by atoms with Gasteiger partial charge in [-0.15, -0.1) is 0 Å². The van der Waals surface area contributed by atoms with Crippen LogP contribution in [-0.4, -0.2) is 24.9 Å². The van der Waals surface area contributed by atoms with Crippen LogP contribution in [0.3, 0.4) is 0 Å². The molecule has 0 saturated carbocycles. The van der Waals surface area contributed by atoms with E-state index in [0.29, 0.717) is 11.3 Å². The molecule has 5 heteroatoms. The minimum atomic E-state index is 0.659. The maximum absolute atomic E-state index is 4.28. The number of pyridine rings is 1. The predicted octanol–water partition coefficient (Wildman–Crippen LogP) is 0.968. The molecule has 5 nitrogen and oxygen atoms in total. The number of nitrogens with zero attached hydrogens (tertiary/aromatic N) is 5. The van der Waals surface area contributed by atoms with E-state index in [4.69, 9.17) is 0 Å². The first-order chi connectivity index (χ1) is 6.93. The molecule has 0 saturated heterocycles. The SMILES string of the molecule is c1ncc2cc3cncnc3nc2n1. The molecule has 3 rings (SSSR count). The minimum Gasteiger partial charge on any atom is -0.244 e. The van der Waals surface area contributed by atoms with Crippen molar-refractivity contribution in [3.05, 3.63) is 31.1 Å². The quantitative estimate of drug-likeness (QED) is 0.486. The third kappa shape index (κ3) is 0.990. The first-order valence-corrected chi connectivity index (χ1v) is 4.10. The summed E-state index contributed by atoms with van der Waals surface area (Å²) < 4.78 is 0. The van der Waals surface area contributed by atoms with Gasteiger partial charge in [0.05, 0.1) is 0 Å². The molecule has 0 unspecified atom stereocenters. The normalized spacial score (nSPS) is 10.9. The molecule has 0 atom stereocenters. The number of hydrogen-bond donors (Lipinski definition) is 0. The van der Waals surface area contributed by atoms with Gasteiger partial charge in [-0.25, -0.2) is 24.9 Å². The Bertz CT molecular complexity index is 502. The molecule has 3 aromatic heterocycles. The summed E-state index contributed by atoms with van der Waals surface area (Å²) in [6, 6.07) is 1.93. The Balaban J connectivity index is 2.52. The number of fused-ring (bicyclic) bond motifs is 2. The minimum absolute atomic E-state index is 0.659. The lowest BCUT2D eigenvalue weighted by Crippen LogP contribution is -1.89. The summed E-state index contributed by atoms with van der Waals surface area (Å²) >= 11 is 0. The molecule has 0 aliphatic carbocycles. The second kappa shape index (κ2) is 2.66. The zero-order valence-corrected chi connectivity index (χ0v) is 7.12. The third-order valence-electron chi connectivity index (χ3n) is 1.96. The van der Waals surface area contributed by atoms with Gasteiger partial charge in [0.2, 0.25) is 0 Å². The largest absolute Gasteiger partial charge is 0.244 e. The van der Waals surface area contributed by atoms with Gasteiger partial charge in [0.25, 0.3) is 0 Å². The average Bonchev–Trinajstić information content (AvgIpc) is 2.26. The number of hydrogen-bond acceptors (Lipinski definition) is 5. The van der Waals surface area contributed by atoms with E-state index in [0.717, 1.165) is 10.8 Å². The molecule has 0 fully saturated rings. The van der Waals surface area contributed by atoms with E-state index in [9.17, 15) is 0 Å². The van der Waals surface area contributed by atoms with Crippen LogP contribution in [-0.2, 0) is 0 Å². The summed E-state index contributed by atoms with van der Waals surface area (Å²) in [6.07, 6.45) is 6.40. The third-order valence-corrected chi connectivity index (χ3v) is 1.96. The molecule has 0 N–H and O–H groups in total. The first kappa shape index (κ1) is 7.25. The second-order valence-electron chi connectivity index (χ2n) is 2.86. The highest BCUT2D eigenvalue weighted by Crippen LogP contribution is 2.13.